The maximum atomic E-state index is 13.4. The van der Waals surface area contributed by atoms with Crippen LogP contribution in [0.2, 0.25) is 0 Å². The minimum absolute atomic E-state index is 0.0818. The highest BCUT2D eigenvalue weighted by molar-refractivity contribution is 7.92. The molecule has 2 aromatic carbocycles. The number of benzene rings is 2. The van der Waals surface area contributed by atoms with Crippen LogP contribution in [0, 0.1) is 5.82 Å². The lowest BCUT2D eigenvalue weighted by atomic mass is 10.1. The second-order valence-corrected chi connectivity index (χ2v) is 10.5. The van der Waals surface area contributed by atoms with Gasteiger partial charge < -0.3 is 19.9 Å². The molecular weight excluding hydrogens is 487 g/mol. The molecule has 0 bridgehead atoms. The number of morpholine rings is 1. The van der Waals surface area contributed by atoms with Crippen molar-refractivity contribution in [1.29, 1.82) is 0 Å². The van der Waals surface area contributed by atoms with Crippen molar-refractivity contribution in [2.45, 2.75) is 18.2 Å². The number of H-pyrrole nitrogens is 1. The third-order valence-electron chi connectivity index (χ3n) is 6.28. The van der Waals surface area contributed by atoms with Crippen molar-refractivity contribution < 1.29 is 27.2 Å². The molecule has 0 spiro atoms. The predicted octanol–water partition coefficient (Wildman–Crippen LogP) is 0.917. The zero-order valence-electron chi connectivity index (χ0n) is 20.1. The van der Waals surface area contributed by atoms with Gasteiger partial charge in [-0.15, -0.1) is 0 Å². The number of anilines is 1. The minimum atomic E-state index is -4.04. The first-order valence-electron chi connectivity index (χ1n) is 11.9. The molecule has 0 atom stereocenters. The number of hydrogen-bond acceptors (Lipinski definition) is 5. The summed E-state index contributed by atoms with van der Waals surface area (Å²) in [6.45, 7) is 6.48. The topological polar surface area (TPSA) is 113 Å². The van der Waals surface area contributed by atoms with Gasteiger partial charge in [0.1, 0.15) is 24.5 Å². The number of rotatable bonds is 9. The standard InChI is InChI=1S/C25H29FN4O5S/c1-2-30(19-6-4-18(26)5-7-19)36(33,34)20-8-9-23-21(16-20)24(31)22(17-28-23)25(32)27-10-3-11-29-12-14-35-15-13-29/h4-9,16-17H,2-3,10-15H2,1H3,(H,27,32)(H,28,31)/p+1. The first-order valence-corrected chi connectivity index (χ1v) is 13.4. The Morgan fingerprint density at radius 2 is 1.89 bits per heavy atom. The number of amides is 1. The van der Waals surface area contributed by atoms with Crippen LogP contribution in [0.1, 0.15) is 23.7 Å². The molecule has 192 valence electrons. The van der Waals surface area contributed by atoms with Gasteiger partial charge in [0.25, 0.3) is 15.9 Å². The summed E-state index contributed by atoms with van der Waals surface area (Å²) in [4.78, 5) is 30.1. The molecule has 0 saturated carbocycles. The van der Waals surface area contributed by atoms with Crippen molar-refractivity contribution in [3.8, 4) is 0 Å². The largest absolute Gasteiger partial charge is 0.370 e. The Balaban J connectivity index is 1.53. The summed E-state index contributed by atoms with van der Waals surface area (Å²) in [5.74, 6) is -0.984. The Morgan fingerprint density at radius 1 is 1.17 bits per heavy atom. The van der Waals surface area contributed by atoms with Crippen LogP contribution >= 0.6 is 0 Å². The van der Waals surface area contributed by atoms with Crippen LogP contribution < -0.4 is 20.0 Å². The van der Waals surface area contributed by atoms with Crippen molar-refractivity contribution in [3.63, 3.8) is 0 Å². The van der Waals surface area contributed by atoms with E-state index >= 15 is 0 Å². The first kappa shape index (κ1) is 25.8. The molecule has 36 heavy (non-hydrogen) atoms. The third-order valence-corrected chi connectivity index (χ3v) is 8.18. The maximum absolute atomic E-state index is 13.4. The molecule has 2 heterocycles. The van der Waals surface area contributed by atoms with Crippen LogP contribution in [-0.2, 0) is 14.8 Å². The zero-order valence-corrected chi connectivity index (χ0v) is 20.9. The van der Waals surface area contributed by atoms with Crippen molar-refractivity contribution in [2.24, 2.45) is 0 Å². The predicted molar refractivity (Wildman–Crippen MR) is 135 cm³/mol. The van der Waals surface area contributed by atoms with Gasteiger partial charge >= 0.3 is 0 Å². The van der Waals surface area contributed by atoms with E-state index in [2.05, 4.69) is 10.3 Å². The number of ether oxygens (including phenoxy) is 1. The van der Waals surface area contributed by atoms with Gasteiger partial charge in [0, 0.05) is 36.6 Å². The fourth-order valence-corrected chi connectivity index (χ4v) is 5.80. The lowest BCUT2D eigenvalue weighted by Gasteiger charge is -2.23. The maximum Gasteiger partial charge on any atom is 0.264 e. The van der Waals surface area contributed by atoms with E-state index in [4.69, 9.17) is 4.74 Å². The van der Waals surface area contributed by atoms with Crippen molar-refractivity contribution in [2.75, 3.05) is 50.2 Å². The van der Waals surface area contributed by atoms with Crippen LogP contribution in [-0.4, -0.2) is 65.2 Å². The second-order valence-electron chi connectivity index (χ2n) is 8.61. The van der Waals surface area contributed by atoms with Crippen molar-refractivity contribution in [3.05, 3.63) is 70.3 Å². The number of aromatic amines is 1. The number of sulfonamides is 1. The summed E-state index contributed by atoms with van der Waals surface area (Å²) in [6, 6.07) is 9.30. The van der Waals surface area contributed by atoms with E-state index in [1.807, 2.05) is 0 Å². The number of nitrogens with zero attached hydrogens (tertiary/aromatic N) is 1. The highest BCUT2D eigenvalue weighted by Crippen LogP contribution is 2.25. The molecule has 1 fully saturated rings. The summed E-state index contributed by atoms with van der Waals surface area (Å²) in [6.07, 6.45) is 2.11. The molecule has 1 saturated heterocycles. The number of carbonyl (C=O) groups excluding carboxylic acids is 1. The summed E-state index contributed by atoms with van der Waals surface area (Å²) in [5.41, 5.74) is 0.0831. The Morgan fingerprint density at radius 3 is 2.58 bits per heavy atom. The SMILES string of the molecule is CCN(c1ccc(F)cc1)S(=O)(=O)c1ccc2[nH]cc(C(=O)NCCC[NH+]3CCOCC3)c(=O)c2c1. The summed E-state index contributed by atoms with van der Waals surface area (Å²) in [7, 11) is -4.04. The monoisotopic (exact) mass is 517 g/mol. The van der Waals surface area contributed by atoms with Gasteiger partial charge in [-0.05, 0) is 49.4 Å². The van der Waals surface area contributed by atoms with Gasteiger partial charge in [-0.25, -0.2) is 12.8 Å². The molecule has 1 aliphatic heterocycles. The minimum Gasteiger partial charge on any atom is -0.370 e. The average Bonchev–Trinajstić information content (AvgIpc) is 2.88. The van der Waals surface area contributed by atoms with E-state index in [1.54, 1.807) is 6.92 Å². The molecular formula is C25H30FN4O5S+. The van der Waals surface area contributed by atoms with E-state index in [-0.39, 0.29) is 22.4 Å². The Labute approximate surface area is 208 Å². The van der Waals surface area contributed by atoms with Gasteiger partial charge in [0.05, 0.1) is 30.3 Å². The molecule has 0 radical (unpaired) electrons. The summed E-state index contributed by atoms with van der Waals surface area (Å²) >= 11 is 0. The normalized spacial score (nSPS) is 14.6. The van der Waals surface area contributed by atoms with Crippen molar-refractivity contribution >= 4 is 32.5 Å². The van der Waals surface area contributed by atoms with E-state index < -0.39 is 27.2 Å². The highest BCUT2D eigenvalue weighted by Gasteiger charge is 2.25. The number of carbonyl (C=O) groups is 1. The van der Waals surface area contributed by atoms with Gasteiger partial charge in [-0.1, -0.05) is 0 Å². The van der Waals surface area contributed by atoms with Gasteiger partial charge in [-0.2, -0.15) is 0 Å². The van der Waals surface area contributed by atoms with E-state index in [1.165, 1.54) is 53.6 Å². The number of quaternary nitrogens is 1. The van der Waals surface area contributed by atoms with Gasteiger partial charge in [-0.3, -0.25) is 13.9 Å². The first-order chi connectivity index (χ1) is 17.3. The average molecular weight is 518 g/mol. The zero-order chi connectivity index (χ0) is 25.7. The molecule has 4 rings (SSSR count). The van der Waals surface area contributed by atoms with E-state index in [0.717, 1.165) is 43.6 Å². The van der Waals surface area contributed by atoms with Gasteiger partial charge in [0.15, 0.2) is 0 Å². The number of halogens is 1. The Bertz CT molecular complexity index is 1390. The van der Waals surface area contributed by atoms with E-state index in [9.17, 15) is 22.4 Å². The van der Waals surface area contributed by atoms with Crippen LogP contribution in [0.25, 0.3) is 10.9 Å². The fourth-order valence-electron chi connectivity index (χ4n) is 4.30. The van der Waals surface area contributed by atoms with Crippen LogP contribution in [0.3, 0.4) is 0 Å². The molecule has 1 aliphatic rings. The molecule has 0 unspecified atom stereocenters. The Hall–Kier alpha value is -3.28. The number of nitrogens with one attached hydrogen (secondary N) is 3. The molecule has 1 amide bonds. The van der Waals surface area contributed by atoms with Gasteiger partial charge in [0.2, 0.25) is 5.43 Å². The number of pyridine rings is 1. The Kier molecular flexibility index (Phi) is 8.02. The fraction of sp³-hybridized carbons (Fsp3) is 0.360. The van der Waals surface area contributed by atoms with Crippen LogP contribution in [0.4, 0.5) is 10.1 Å². The third kappa shape index (κ3) is 5.58. The quantitative estimate of drug-likeness (QED) is 0.366. The molecule has 0 aliphatic carbocycles. The van der Waals surface area contributed by atoms with Crippen molar-refractivity contribution in [1.82, 2.24) is 10.3 Å². The lowest BCUT2D eigenvalue weighted by Crippen LogP contribution is -3.14. The lowest BCUT2D eigenvalue weighted by molar-refractivity contribution is -0.908. The molecule has 3 N–H and O–H groups in total. The number of hydrogen-bond donors (Lipinski definition) is 3. The van der Waals surface area contributed by atoms with E-state index in [0.29, 0.717) is 17.7 Å². The number of aromatic nitrogens is 1. The second kappa shape index (κ2) is 11.2. The molecule has 11 heteroatoms. The molecule has 3 aromatic rings. The van der Waals surface area contributed by atoms with Crippen LogP contribution in [0.15, 0.2) is 58.4 Å². The molecule has 1 aromatic heterocycles. The summed E-state index contributed by atoms with van der Waals surface area (Å²) in [5, 5.41) is 2.88. The van der Waals surface area contributed by atoms with Crippen LogP contribution in [0.5, 0.6) is 0 Å². The smallest absolute Gasteiger partial charge is 0.264 e. The molecule has 9 nitrogen and oxygen atoms in total. The highest BCUT2D eigenvalue weighted by atomic mass is 32.2. The number of fused-ring (bicyclic) bond motifs is 1. The summed E-state index contributed by atoms with van der Waals surface area (Å²) < 4.78 is 46.5.